The molecule has 1 N–H and O–H groups in total. The van der Waals surface area contributed by atoms with Crippen molar-refractivity contribution in [3.8, 4) is 17.2 Å². The van der Waals surface area contributed by atoms with Gasteiger partial charge in [0.2, 0.25) is 0 Å². The molecule has 1 heterocycles. The summed E-state index contributed by atoms with van der Waals surface area (Å²) in [4.78, 5) is 13.4. The quantitative estimate of drug-likeness (QED) is 0.408. The molecule has 2 aromatic rings. The summed E-state index contributed by atoms with van der Waals surface area (Å²) >= 11 is 1.64. The number of nitrogens with zero attached hydrogens (tertiary/aromatic N) is 1. The van der Waals surface area contributed by atoms with E-state index in [-0.39, 0.29) is 28.4 Å². The second kappa shape index (κ2) is 9.60. The summed E-state index contributed by atoms with van der Waals surface area (Å²) in [5.41, 5.74) is -0.353. The van der Waals surface area contributed by atoms with Gasteiger partial charge in [0.25, 0.3) is 0 Å². The third-order valence-corrected chi connectivity index (χ3v) is 7.61. The van der Waals surface area contributed by atoms with Crippen molar-refractivity contribution in [3.63, 3.8) is 0 Å². The van der Waals surface area contributed by atoms with Crippen LogP contribution < -0.4 is 14.4 Å². The molecule has 0 aromatic heterocycles. The molecule has 1 aliphatic heterocycles. The lowest BCUT2D eigenvalue weighted by molar-refractivity contribution is 0.0511. The summed E-state index contributed by atoms with van der Waals surface area (Å²) in [5, 5.41) is 9.92. The first-order valence-corrected chi connectivity index (χ1v) is 12.6. The molecule has 174 valence electrons. The molecule has 0 aliphatic carbocycles. The normalized spacial score (nSPS) is 15.8. The molecular weight excluding hydrogens is 454 g/mol. The van der Waals surface area contributed by atoms with Crippen molar-refractivity contribution in [1.82, 2.24) is 0 Å². The van der Waals surface area contributed by atoms with Gasteiger partial charge in [0, 0.05) is 29.7 Å². The fourth-order valence-corrected chi connectivity index (χ4v) is 5.76. The molecular formula is C22H27NO7S2. The molecule has 1 amide bonds. The minimum absolute atomic E-state index is 0.0696. The highest BCUT2D eigenvalue weighted by Gasteiger charge is 2.31. The maximum absolute atomic E-state index is 12.4. The number of hydrogen-bond acceptors (Lipinski definition) is 7. The zero-order valence-corrected chi connectivity index (χ0v) is 20.0. The molecule has 2 aromatic carbocycles. The first-order chi connectivity index (χ1) is 15.0. The highest BCUT2D eigenvalue weighted by Crippen LogP contribution is 2.38. The summed E-state index contributed by atoms with van der Waals surface area (Å²) in [6, 6.07) is 11.0. The van der Waals surface area contributed by atoms with E-state index in [9.17, 15) is 18.3 Å². The highest BCUT2D eigenvalue weighted by molar-refractivity contribution is 8.08. The van der Waals surface area contributed by atoms with Gasteiger partial charge in [-0.3, -0.25) is 4.90 Å². The van der Waals surface area contributed by atoms with E-state index in [1.807, 2.05) is 0 Å². The number of thioether (sulfide) groups is 1. The SMILES string of the molecule is COCOc1cc(Oc2ccc(S(=O)(=O)CC3CS3)cc2)ccc1N(C(=O)O)C(C)(C)C. The zero-order valence-electron chi connectivity index (χ0n) is 18.4. The second-order valence-electron chi connectivity index (χ2n) is 8.28. The van der Waals surface area contributed by atoms with Gasteiger partial charge < -0.3 is 19.3 Å². The highest BCUT2D eigenvalue weighted by atomic mass is 32.2. The molecule has 3 rings (SSSR count). The lowest BCUT2D eigenvalue weighted by Gasteiger charge is -2.34. The standard InChI is InChI=1S/C22H27NO7S2/c1-22(2,3)23(21(24)25)19-10-7-16(11-20(19)29-14-28-4)30-15-5-8-18(9-6-15)32(26,27)13-17-12-31-17/h5-11,17H,12-14H2,1-4H3,(H,24,25). The van der Waals surface area contributed by atoms with Crippen LogP contribution in [0.4, 0.5) is 10.5 Å². The van der Waals surface area contributed by atoms with Gasteiger partial charge in [-0.1, -0.05) is 0 Å². The first-order valence-electron chi connectivity index (χ1n) is 9.92. The van der Waals surface area contributed by atoms with E-state index < -0.39 is 21.5 Å². The number of sulfone groups is 1. The Labute approximate surface area is 192 Å². The lowest BCUT2D eigenvalue weighted by atomic mass is 10.1. The molecule has 1 saturated heterocycles. The number of carboxylic acid groups (broad SMARTS) is 1. The topological polar surface area (TPSA) is 102 Å². The van der Waals surface area contributed by atoms with E-state index in [0.717, 1.165) is 5.75 Å². The molecule has 1 fully saturated rings. The molecule has 0 saturated carbocycles. The van der Waals surface area contributed by atoms with E-state index in [0.29, 0.717) is 17.2 Å². The predicted molar refractivity (Wildman–Crippen MR) is 124 cm³/mol. The van der Waals surface area contributed by atoms with Crippen molar-refractivity contribution >= 4 is 33.4 Å². The number of amides is 1. The molecule has 1 atom stereocenters. The van der Waals surface area contributed by atoms with Crippen molar-refractivity contribution in [1.29, 1.82) is 0 Å². The fraction of sp³-hybridized carbons (Fsp3) is 0.409. The van der Waals surface area contributed by atoms with Crippen molar-refractivity contribution in [2.24, 2.45) is 0 Å². The van der Waals surface area contributed by atoms with Gasteiger partial charge in [0.1, 0.15) is 17.2 Å². The first kappa shape index (κ1) is 24.2. The fourth-order valence-electron chi connectivity index (χ4n) is 3.09. The van der Waals surface area contributed by atoms with Crippen LogP contribution in [0.1, 0.15) is 20.8 Å². The summed E-state index contributed by atoms with van der Waals surface area (Å²) in [7, 11) is -1.84. The second-order valence-corrected chi connectivity index (χ2v) is 11.6. The van der Waals surface area contributed by atoms with Crippen LogP contribution in [0.3, 0.4) is 0 Å². The monoisotopic (exact) mass is 481 g/mol. The molecule has 10 heteroatoms. The summed E-state index contributed by atoms with van der Waals surface area (Å²) in [5.74, 6) is 2.17. The van der Waals surface area contributed by atoms with Gasteiger partial charge in [-0.2, -0.15) is 11.8 Å². The van der Waals surface area contributed by atoms with Crippen molar-refractivity contribution in [2.45, 2.75) is 36.5 Å². The Morgan fingerprint density at radius 3 is 2.31 bits per heavy atom. The van der Waals surface area contributed by atoms with Crippen LogP contribution in [0, 0.1) is 0 Å². The number of ether oxygens (including phenoxy) is 3. The molecule has 0 bridgehead atoms. The van der Waals surface area contributed by atoms with Crippen molar-refractivity contribution in [3.05, 3.63) is 42.5 Å². The van der Waals surface area contributed by atoms with Crippen LogP contribution in [0.2, 0.25) is 0 Å². The average molecular weight is 482 g/mol. The van der Waals surface area contributed by atoms with Gasteiger partial charge in [0.05, 0.1) is 16.3 Å². The van der Waals surface area contributed by atoms with Crippen LogP contribution in [-0.4, -0.2) is 55.8 Å². The van der Waals surface area contributed by atoms with Crippen molar-refractivity contribution in [2.75, 3.05) is 30.3 Å². The average Bonchev–Trinajstić information content (AvgIpc) is 3.50. The third kappa shape index (κ3) is 6.08. The largest absolute Gasteiger partial charge is 0.465 e. The van der Waals surface area contributed by atoms with Crippen molar-refractivity contribution < 1.29 is 32.5 Å². The van der Waals surface area contributed by atoms with Crippen LogP contribution in [0.5, 0.6) is 17.2 Å². The summed E-state index contributed by atoms with van der Waals surface area (Å²) in [6.45, 7) is 5.27. The molecule has 8 nitrogen and oxygen atoms in total. The minimum atomic E-state index is -3.31. The van der Waals surface area contributed by atoms with Gasteiger partial charge in [-0.15, -0.1) is 0 Å². The number of methoxy groups -OCH3 is 1. The Balaban J connectivity index is 1.84. The smallest absolute Gasteiger partial charge is 0.412 e. The number of carbonyl (C=O) groups is 1. The number of rotatable bonds is 9. The van der Waals surface area contributed by atoms with Crippen LogP contribution in [0.25, 0.3) is 0 Å². The molecule has 0 radical (unpaired) electrons. The predicted octanol–water partition coefficient (Wildman–Crippen LogP) is 4.63. The molecule has 1 unspecified atom stereocenters. The maximum atomic E-state index is 12.4. The summed E-state index contributed by atoms with van der Waals surface area (Å²) < 4.78 is 41.2. The number of benzene rings is 2. The molecule has 0 spiro atoms. The third-order valence-electron chi connectivity index (χ3n) is 4.59. The van der Waals surface area contributed by atoms with E-state index in [4.69, 9.17) is 14.2 Å². The minimum Gasteiger partial charge on any atom is -0.465 e. The Morgan fingerprint density at radius 1 is 1.16 bits per heavy atom. The van der Waals surface area contributed by atoms with E-state index in [1.54, 1.807) is 62.9 Å². The Hall–Kier alpha value is -2.43. The van der Waals surface area contributed by atoms with E-state index >= 15 is 0 Å². The van der Waals surface area contributed by atoms with Gasteiger partial charge >= 0.3 is 6.09 Å². The van der Waals surface area contributed by atoms with E-state index in [1.165, 1.54) is 24.1 Å². The molecule has 1 aliphatic rings. The lowest BCUT2D eigenvalue weighted by Crippen LogP contribution is -2.45. The number of hydrogen-bond donors (Lipinski definition) is 1. The number of anilines is 1. The Morgan fingerprint density at radius 2 is 1.78 bits per heavy atom. The zero-order chi connectivity index (χ0) is 23.5. The summed E-state index contributed by atoms with van der Waals surface area (Å²) in [6.07, 6.45) is -1.12. The van der Waals surface area contributed by atoms with Crippen LogP contribution >= 0.6 is 11.8 Å². The maximum Gasteiger partial charge on any atom is 0.412 e. The molecule has 32 heavy (non-hydrogen) atoms. The Kier molecular flexibility index (Phi) is 7.26. The van der Waals surface area contributed by atoms with Crippen LogP contribution in [-0.2, 0) is 14.6 Å². The van der Waals surface area contributed by atoms with Gasteiger partial charge in [-0.25, -0.2) is 13.2 Å². The van der Waals surface area contributed by atoms with Gasteiger partial charge in [-0.05, 0) is 57.2 Å². The van der Waals surface area contributed by atoms with Gasteiger partial charge in [0.15, 0.2) is 16.6 Å². The van der Waals surface area contributed by atoms with Crippen LogP contribution in [0.15, 0.2) is 47.4 Å². The Bertz CT molecular complexity index is 1060. The van der Waals surface area contributed by atoms with E-state index in [2.05, 4.69) is 0 Å².